The van der Waals surface area contributed by atoms with E-state index in [1.165, 1.54) is 0 Å². The highest BCUT2D eigenvalue weighted by Gasteiger charge is 2.25. The molecular weight excluding hydrogens is 458 g/mol. The highest BCUT2D eigenvalue weighted by atomic mass is 16.5. The van der Waals surface area contributed by atoms with E-state index in [0.29, 0.717) is 35.0 Å². The first kappa shape index (κ1) is 26.3. The standard InChI is InChI=1S/C28H31N3O5/c1-4-35-23-15-13-20(14-16-23)27(33)31-26(19(2)3)28(34)30-22-11-8-12-24(17-22)36-18-25(32)29-21-9-6-5-7-10-21/h5-17,19,26H,4,18H2,1-3H3,(H,29,32)(H,30,34)(H,31,33). The highest BCUT2D eigenvalue weighted by Crippen LogP contribution is 2.19. The first-order valence-corrected chi connectivity index (χ1v) is 11.8. The van der Waals surface area contributed by atoms with Gasteiger partial charge in [-0.1, -0.05) is 38.1 Å². The first-order valence-electron chi connectivity index (χ1n) is 11.8. The molecule has 8 nitrogen and oxygen atoms in total. The lowest BCUT2D eigenvalue weighted by Gasteiger charge is -2.22. The van der Waals surface area contributed by atoms with Crippen LogP contribution in [0.15, 0.2) is 78.9 Å². The molecule has 0 aromatic heterocycles. The summed E-state index contributed by atoms with van der Waals surface area (Å²) in [5.41, 5.74) is 1.60. The molecule has 1 atom stereocenters. The van der Waals surface area contributed by atoms with Crippen LogP contribution in [0.4, 0.5) is 11.4 Å². The van der Waals surface area contributed by atoms with Crippen LogP contribution < -0.4 is 25.4 Å². The number of hydrogen-bond acceptors (Lipinski definition) is 5. The third kappa shape index (κ3) is 7.87. The van der Waals surface area contributed by atoms with Crippen LogP contribution in [0.1, 0.15) is 31.1 Å². The predicted octanol–water partition coefficient (Wildman–Crippen LogP) is 4.50. The van der Waals surface area contributed by atoms with Gasteiger partial charge in [0.25, 0.3) is 11.8 Å². The van der Waals surface area contributed by atoms with E-state index in [4.69, 9.17) is 9.47 Å². The number of benzene rings is 3. The lowest BCUT2D eigenvalue weighted by atomic mass is 10.0. The molecule has 36 heavy (non-hydrogen) atoms. The lowest BCUT2D eigenvalue weighted by Crippen LogP contribution is -2.47. The van der Waals surface area contributed by atoms with Crippen molar-refractivity contribution in [2.45, 2.75) is 26.8 Å². The minimum absolute atomic E-state index is 0.155. The Morgan fingerprint density at radius 3 is 2.14 bits per heavy atom. The number of hydrogen-bond donors (Lipinski definition) is 3. The van der Waals surface area contributed by atoms with Crippen LogP contribution in [0.5, 0.6) is 11.5 Å². The average molecular weight is 490 g/mol. The Morgan fingerprint density at radius 1 is 0.778 bits per heavy atom. The van der Waals surface area contributed by atoms with Crippen molar-refractivity contribution >= 4 is 29.1 Å². The maximum absolute atomic E-state index is 13.0. The van der Waals surface area contributed by atoms with Gasteiger partial charge in [-0.2, -0.15) is 0 Å². The maximum atomic E-state index is 13.0. The van der Waals surface area contributed by atoms with E-state index in [-0.39, 0.29) is 30.2 Å². The Bertz CT molecular complexity index is 1160. The van der Waals surface area contributed by atoms with E-state index in [1.807, 2.05) is 39.0 Å². The summed E-state index contributed by atoms with van der Waals surface area (Å²) < 4.78 is 11.0. The van der Waals surface area contributed by atoms with E-state index in [0.717, 1.165) is 0 Å². The van der Waals surface area contributed by atoms with Crippen molar-refractivity contribution in [3.05, 3.63) is 84.4 Å². The third-order valence-electron chi connectivity index (χ3n) is 5.19. The van der Waals surface area contributed by atoms with Crippen molar-refractivity contribution in [2.75, 3.05) is 23.8 Å². The van der Waals surface area contributed by atoms with Crippen molar-refractivity contribution in [3.63, 3.8) is 0 Å². The molecule has 0 saturated carbocycles. The Kier molecular flexibility index (Phi) is 9.45. The zero-order valence-corrected chi connectivity index (χ0v) is 20.6. The third-order valence-corrected chi connectivity index (χ3v) is 5.19. The second kappa shape index (κ2) is 12.9. The van der Waals surface area contributed by atoms with Crippen LogP contribution in [0.3, 0.4) is 0 Å². The molecule has 0 bridgehead atoms. The fraction of sp³-hybridized carbons (Fsp3) is 0.250. The molecule has 3 aromatic rings. The number of carbonyl (C=O) groups is 3. The number of nitrogens with one attached hydrogen (secondary N) is 3. The van der Waals surface area contributed by atoms with E-state index >= 15 is 0 Å². The molecule has 0 heterocycles. The smallest absolute Gasteiger partial charge is 0.262 e. The summed E-state index contributed by atoms with van der Waals surface area (Å²) in [6.45, 7) is 5.95. The molecule has 188 valence electrons. The quantitative estimate of drug-likeness (QED) is 0.368. The number of rotatable bonds is 11. The minimum Gasteiger partial charge on any atom is -0.494 e. The van der Waals surface area contributed by atoms with Gasteiger partial charge in [-0.3, -0.25) is 14.4 Å². The summed E-state index contributed by atoms with van der Waals surface area (Å²) in [4.78, 5) is 37.9. The van der Waals surface area contributed by atoms with Gasteiger partial charge in [0.05, 0.1) is 6.61 Å². The number of para-hydroxylation sites is 1. The van der Waals surface area contributed by atoms with Crippen molar-refractivity contribution in [1.29, 1.82) is 0 Å². The van der Waals surface area contributed by atoms with Gasteiger partial charge in [0.1, 0.15) is 17.5 Å². The van der Waals surface area contributed by atoms with Gasteiger partial charge in [0.2, 0.25) is 5.91 Å². The molecule has 8 heteroatoms. The molecule has 0 fully saturated rings. The topological polar surface area (TPSA) is 106 Å². The molecule has 0 aliphatic heterocycles. The SMILES string of the molecule is CCOc1ccc(C(=O)NC(C(=O)Nc2cccc(OCC(=O)Nc3ccccc3)c2)C(C)C)cc1. The molecule has 3 N–H and O–H groups in total. The van der Waals surface area contributed by atoms with Crippen molar-refractivity contribution in [2.24, 2.45) is 5.92 Å². The molecule has 0 saturated heterocycles. The van der Waals surface area contributed by atoms with Gasteiger partial charge >= 0.3 is 0 Å². The molecular formula is C28H31N3O5. The average Bonchev–Trinajstić information content (AvgIpc) is 2.87. The summed E-state index contributed by atoms with van der Waals surface area (Å²) >= 11 is 0. The van der Waals surface area contributed by atoms with Crippen LogP contribution >= 0.6 is 0 Å². The Hall–Kier alpha value is -4.33. The second-order valence-corrected chi connectivity index (χ2v) is 8.37. The fourth-order valence-corrected chi connectivity index (χ4v) is 3.38. The Labute approximate surface area is 211 Å². The van der Waals surface area contributed by atoms with Crippen LogP contribution in [-0.4, -0.2) is 37.0 Å². The molecule has 0 spiro atoms. The normalized spacial score (nSPS) is 11.3. The van der Waals surface area contributed by atoms with Crippen molar-refractivity contribution < 1.29 is 23.9 Å². The first-order chi connectivity index (χ1) is 17.4. The molecule has 3 amide bonds. The molecule has 1 unspecified atom stereocenters. The predicted molar refractivity (Wildman–Crippen MR) is 139 cm³/mol. The number of amides is 3. The largest absolute Gasteiger partial charge is 0.494 e. The number of anilines is 2. The van der Waals surface area contributed by atoms with Crippen molar-refractivity contribution in [1.82, 2.24) is 5.32 Å². The second-order valence-electron chi connectivity index (χ2n) is 8.37. The number of carbonyl (C=O) groups excluding carboxylic acids is 3. The van der Waals surface area contributed by atoms with E-state index < -0.39 is 6.04 Å². The molecule has 0 radical (unpaired) electrons. The van der Waals surface area contributed by atoms with Gasteiger partial charge in [-0.25, -0.2) is 0 Å². The van der Waals surface area contributed by atoms with Crippen LogP contribution in [-0.2, 0) is 9.59 Å². The molecule has 0 aliphatic rings. The molecule has 3 rings (SSSR count). The zero-order chi connectivity index (χ0) is 25.9. The lowest BCUT2D eigenvalue weighted by molar-refractivity contribution is -0.119. The van der Waals surface area contributed by atoms with Crippen LogP contribution in [0.25, 0.3) is 0 Å². The summed E-state index contributed by atoms with van der Waals surface area (Å²) in [7, 11) is 0. The molecule has 3 aromatic carbocycles. The van der Waals surface area contributed by atoms with E-state index in [2.05, 4.69) is 16.0 Å². The van der Waals surface area contributed by atoms with Gasteiger partial charge in [0, 0.05) is 23.0 Å². The highest BCUT2D eigenvalue weighted by molar-refractivity contribution is 6.01. The zero-order valence-electron chi connectivity index (χ0n) is 20.6. The van der Waals surface area contributed by atoms with Gasteiger partial charge in [0.15, 0.2) is 6.61 Å². The monoisotopic (exact) mass is 489 g/mol. The van der Waals surface area contributed by atoms with Crippen molar-refractivity contribution in [3.8, 4) is 11.5 Å². The summed E-state index contributed by atoms with van der Waals surface area (Å²) in [6, 6.07) is 21.8. The van der Waals surface area contributed by atoms with E-state index in [9.17, 15) is 14.4 Å². The Balaban J connectivity index is 1.57. The van der Waals surface area contributed by atoms with Crippen LogP contribution in [0, 0.1) is 5.92 Å². The fourth-order valence-electron chi connectivity index (χ4n) is 3.38. The summed E-state index contributed by atoms with van der Waals surface area (Å²) in [5, 5.41) is 8.37. The molecule has 0 aliphatic carbocycles. The summed E-state index contributed by atoms with van der Waals surface area (Å²) in [5.74, 6) is -0.0654. The van der Waals surface area contributed by atoms with Gasteiger partial charge in [-0.15, -0.1) is 0 Å². The Morgan fingerprint density at radius 2 is 1.47 bits per heavy atom. The maximum Gasteiger partial charge on any atom is 0.262 e. The van der Waals surface area contributed by atoms with Gasteiger partial charge < -0.3 is 25.4 Å². The van der Waals surface area contributed by atoms with Gasteiger partial charge in [-0.05, 0) is 61.4 Å². The van der Waals surface area contributed by atoms with Crippen LogP contribution in [0.2, 0.25) is 0 Å². The number of ether oxygens (including phenoxy) is 2. The van der Waals surface area contributed by atoms with E-state index in [1.54, 1.807) is 60.7 Å². The summed E-state index contributed by atoms with van der Waals surface area (Å²) in [6.07, 6.45) is 0. The minimum atomic E-state index is -0.759.